The average Bonchev–Trinajstić information content (AvgIpc) is 2.66. The third kappa shape index (κ3) is 4.57. The van der Waals surface area contributed by atoms with Gasteiger partial charge in [-0.2, -0.15) is 0 Å². The van der Waals surface area contributed by atoms with Gasteiger partial charge < -0.3 is 19.7 Å². The molecule has 0 heterocycles. The number of methoxy groups -OCH3 is 2. The molecule has 1 aliphatic carbocycles. The number of fused-ring (bicyclic) bond motifs is 1. The summed E-state index contributed by atoms with van der Waals surface area (Å²) in [7, 11) is 2.80. The quantitative estimate of drug-likeness (QED) is 0.647. The Morgan fingerprint density at radius 3 is 2.56 bits per heavy atom. The fraction of sp³-hybridized carbons (Fsp3) is 0.682. The van der Waals surface area contributed by atoms with Gasteiger partial charge >= 0.3 is 5.97 Å². The first kappa shape index (κ1) is 21.5. The van der Waals surface area contributed by atoms with Gasteiger partial charge in [-0.25, -0.2) is 4.79 Å². The van der Waals surface area contributed by atoms with Gasteiger partial charge in [0.2, 0.25) is 0 Å². The molecule has 4 atom stereocenters. The maximum atomic E-state index is 12.2. The van der Waals surface area contributed by atoms with Crippen LogP contribution in [0.1, 0.15) is 86.2 Å². The summed E-state index contributed by atoms with van der Waals surface area (Å²) in [4.78, 5) is 12.2. The van der Waals surface area contributed by atoms with Crippen LogP contribution in [0.2, 0.25) is 0 Å². The number of benzene rings is 1. The molecule has 0 radical (unpaired) electrons. The molecule has 2 rings (SSSR count). The van der Waals surface area contributed by atoms with E-state index >= 15 is 0 Å². The summed E-state index contributed by atoms with van der Waals surface area (Å²) in [5.41, 5.74) is 2.25. The van der Waals surface area contributed by atoms with Crippen LogP contribution in [0.15, 0.2) is 6.07 Å². The summed E-state index contributed by atoms with van der Waals surface area (Å²) in [6.07, 6.45) is 5.18. The summed E-state index contributed by atoms with van der Waals surface area (Å²) in [5.74, 6) is 1.06. The molecule has 0 spiro atoms. The van der Waals surface area contributed by atoms with Gasteiger partial charge in [0.1, 0.15) is 5.56 Å². The van der Waals surface area contributed by atoms with Gasteiger partial charge in [0, 0.05) is 12.2 Å². The number of hydrogen-bond acceptors (Lipinski definition) is 5. The highest BCUT2D eigenvalue weighted by Crippen LogP contribution is 2.50. The predicted octanol–water partition coefficient (Wildman–Crippen LogP) is 4.60. The molecule has 152 valence electrons. The maximum Gasteiger partial charge on any atom is 0.341 e. The van der Waals surface area contributed by atoms with E-state index in [-0.39, 0.29) is 29.6 Å². The number of carbonyl (C=O) groups is 1. The van der Waals surface area contributed by atoms with Crippen molar-refractivity contribution in [2.75, 3.05) is 20.8 Å². The predicted molar refractivity (Wildman–Crippen MR) is 106 cm³/mol. The second kappa shape index (κ2) is 9.45. The molecule has 2 N–H and O–H groups in total. The number of phenols is 1. The minimum atomic E-state index is -0.494. The second-order valence-corrected chi connectivity index (χ2v) is 8.08. The molecule has 1 aliphatic rings. The Bertz CT molecular complexity index is 655. The summed E-state index contributed by atoms with van der Waals surface area (Å²) in [6.45, 7) is 6.65. The SMILES string of the molecule is COC(=O)c1cc2c(c(O)c1OC)[C@H](C)CC[C@H]2[C@@H](C)CCC[C@H](C)CO. The van der Waals surface area contributed by atoms with Crippen molar-refractivity contribution in [2.45, 2.75) is 64.7 Å². The van der Waals surface area contributed by atoms with Gasteiger partial charge in [-0.1, -0.05) is 33.6 Å². The number of phenolic OH excluding ortho intramolecular Hbond substituents is 1. The van der Waals surface area contributed by atoms with Crippen molar-refractivity contribution in [1.82, 2.24) is 0 Å². The minimum absolute atomic E-state index is 0.0775. The van der Waals surface area contributed by atoms with Gasteiger partial charge in [0.05, 0.1) is 14.2 Å². The van der Waals surface area contributed by atoms with E-state index in [2.05, 4.69) is 20.8 Å². The van der Waals surface area contributed by atoms with Crippen molar-refractivity contribution in [3.05, 3.63) is 22.8 Å². The third-order valence-corrected chi connectivity index (χ3v) is 6.09. The lowest BCUT2D eigenvalue weighted by Crippen LogP contribution is -2.20. The largest absolute Gasteiger partial charge is 0.504 e. The van der Waals surface area contributed by atoms with Crippen molar-refractivity contribution in [1.29, 1.82) is 0 Å². The Morgan fingerprint density at radius 1 is 1.26 bits per heavy atom. The molecule has 0 bridgehead atoms. The molecule has 5 heteroatoms. The first-order valence-electron chi connectivity index (χ1n) is 9.98. The number of hydrogen-bond donors (Lipinski definition) is 2. The van der Waals surface area contributed by atoms with Crippen molar-refractivity contribution in [3.8, 4) is 11.5 Å². The number of carbonyl (C=O) groups excluding carboxylic acids is 1. The zero-order valence-electron chi connectivity index (χ0n) is 17.2. The fourth-order valence-corrected chi connectivity index (χ4v) is 4.38. The molecule has 0 saturated heterocycles. The van der Waals surface area contributed by atoms with Crippen molar-refractivity contribution in [3.63, 3.8) is 0 Å². The molecule has 1 aromatic carbocycles. The Kier molecular flexibility index (Phi) is 7.54. The minimum Gasteiger partial charge on any atom is -0.504 e. The molecule has 5 nitrogen and oxygen atoms in total. The Labute approximate surface area is 162 Å². The van der Waals surface area contributed by atoms with Crippen LogP contribution in [0, 0.1) is 11.8 Å². The monoisotopic (exact) mass is 378 g/mol. The molecular formula is C22H34O5. The molecule has 0 amide bonds. The molecule has 0 unspecified atom stereocenters. The number of aliphatic hydroxyl groups is 1. The molecule has 1 aromatic rings. The first-order valence-corrected chi connectivity index (χ1v) is 9.98. The summed E-state index contributed by atoms with van der Waals surface area (Å²) >= 11 is 0. The van der Waals surface area contributed by atoms with E-state index in [9.17, 15) is 15.0 Å². The fourth-order valence-electron chi connectivity index (χ4n) is 4.38. The van der Waals surface area contributed by atoms with E-state index in [1.165, 1.54) is 14.2 Å². The molecule has 0 aliphatic heterocycles. The third-order valence-electron chi connectivity index (χ3n) is 6.09. The zero-order chi connectivity index (χ0) is 20.1. The van der Waals surface area contributed by atoms with Crippen LogP contribution in [0.25, 0.3) is 0 Å². The highest BCUT2D eigenvalue weighted by atomic mass is 16.5. The molecule has 0 aromatic heterocycles. The van der Waals surface area contributed by atoms with Crippen LogP contribution < -0.4 is 4.74 Å². The smallest absolute Gasteiger partial charge is 0.341 e. The molecule has 27 heavy (non-hydrogen) atoms. The highest BCUT2D eigenvalue weighted by molar-refractivity contribution is 5.94. The first-order chi connectivity index (χ1) is 12.8. The van der Waals surface area contributed by atoms with E-state index in [1.54, 1.807) is 0 Å². The van der Waals surface area contributed by atoms with Gasteiger partial charge in [0.25, 0.3) is 0 Å². The standard InChI is InChI=1S/C22H34O5/c1-13(12-23)7-6-8-14(2)16-10-9-15(3)19-17(16)11-18(22(25)27-5)21(26-4)20(19)24/h11,13-16,23-24H,6-10,12H2,1-5H3/t13-,14-,15+,16-/m0/s1. The van der Waals surface area contributed by atoms with E-state index in [0.717, 1.165) is 43.2 Å². The normalized spacial score (nSPS) is 21.3. The maximum absolute atomic E-state index is 12.2. The summed E-state index contributed by atoms with van der Waals surface area (Å²) < 4.78 is 10.2. The molecule has 0 saturated carbocycles. The van der Waals surface area contributed by atoms with Gasteiger partial charge in [0.15, 0.2) is 11.5 Å². The van der Waals surface area contributed by atoms with Crippen molar-refractivity contribution < 1.29 is 24.5 Å². The van der Waals surface area contributed by atoms with Crippen LogP contribution in [-0.2, 0) is 4.74 Å². The van der Waals surface area contributed by atoms with Gasteiger partial charge in [-0.05, 0) is 54.6 Å². The van der Waals surface area contributed by atoms with E-state index < -0.39 is 5.97 Å². The average molecular weight is 379 g/mol. The molecule has 0 fully saturated rings. The van der Waals surface area contributed by atoms with Crippen LogP contribution in [0.5, 0.6) is 11.5 Å². The lowest BCUT2D eigenvalue weighted by Gasteiger charge is -2.35. The Balaban J connectivity index is 2.36. The number of esters is 1. The lowest BCUT2D eigenvalue weighted by atomic mass is 9.70. The van der Waals surface area contributed by atoms with E-state index in [4.69, 9.17) is 9.47 Å². The Hall–Kier alpha value is -1.75. The van der Waals surface area contributed by atoms with Gasteiger partial charge in [-0.15, -0.1) is 0 Å². The Morgan fingerprint density at radius 2 is 1.96 bits per heavy atom. The van der Waals surface area contributed by atoms with Crippen LogP contribution >= 0.6 is 0 Å². The number of aliphatic hydroxyl groups excluding tert-OH is 1. The topological polar surface area (TPSA) is 76.0 Å². The summed E-state index contributed by atoms with van der Waals surface area (Å²) in [5, 5.41) is 20.1. The number of ether oxygens (including phenoxy) is 2. The second-order valence-electron chi connectivity index (χ2n) is 8.08. The lowest BCUT2D eigenvalue weighted by molar-refractivity contribution is 0.0596. The highest BCUT2D eigenvalue weighted by Gasteiger charge is 2.34. The van der Waals surface area contributed by atoms with E-state index in [0.29, 0.717) is 17.8 Å². The molecular weight excluding hydrogens is 344 g/mol. The van der Waals surface area contributed by atoms with Crippen molar-refractivity contribution in [2.24, 2.45) is 11.8 Å². The van der Waals surface area contributed by atoms with Crippen LogP contribution in [-0.4, -0.2) is 37.0 Å². The van der Waals surface area contributed by atoms with Crippen LogP contribution in [0.4, 0.5) is 0 Å². The van der Waals surface area contributed by atoms with Gasteiger partial charge in [-0.3, -0.25) is 0 Å². The van der Waals surface area contributed by atoms with Crippen molar-refractivity contribution >= 4 is 5.97 Å². The van der Waals surface area contributed by atoms with Crippen LogP contribution in [0.3, 0.4) is 0 Å². The number of aromatic hydroxyl groups is 1. The number of rotatable bonds is 8. The zero-order valence-corrected chi connectivity index (χ0v) is 17.2. The van der Waals surface area contributed by atoms with E-state index in [1.807, 2.05) is 6.07 Å². The summed E-state index contributed by atoms with van der Waals surface area (Å²) in [6, 6.07) is 1.87.